The highest BCUT2D eigenvalue weighted by Gasteiger charge is 2.16. The number of carbonyl (C=O) groups excluding carboxylic acids is 1. The van der Waals surface area contributed by atoms with Crippen LogP contribution in [0.15, 0.2) is 12.1 Å². The minimum absolute atomic E-state index is 0.391. The summed E-state index contributed by atoms with van der Waals surface area (Å²) in [6.45, 7) is 10.7. The summed E-state index contributed by atoms with van der Waals surface area (Å²) in [5.41, 5.74) is 3.00. The second kappa shape index (κ2) is 8.73. The molecule has 0 unspecified atom stereocenters. The van der Waals surface area contributed by atoms with Gasteiger partial charge < -0.3 is 20.1 Å². The lowest BCUT2D eigenvalue weighted by molar-refractivity contribution is 0.0527. The van der Waals surface area contributed by atoms with Gasteiger partial charge in [-0.2, -0.15) is 0 Å². The topological polar surface area (TPSA) is 103 Å². The van der Waals surface area contributed by atoms with Crippen LogP contribution in [0.25, 0.3) is 16.7 Å². The lowest BCUT2D eigenvalue weighted by atomic mass is 10.2. The second-order valence-electron chi connectivity index (χ2n) is 8.24. The Morgan fingerprint density at radius 3 is 2.57 bits per heavy atom. The SMILES string of the molecule is COc1cc(C)c2nc(NCCCCNC(=O)OC(C)(C)C)c3nnc(C)n3c2c1. The summed E-state index contributed by atoms with van der Waals surface area (Å²) >= 11 is 0. The minimum Gasteiger partial charge on any atom is -0.497 e. The van der Waals surface area contributed by atoms with Gasteiger partial charge in [-0.25, -0.2) is 9.78 Å². The molecule has 0 bridgehead atoms. The fourth-order valence-electron chi connectivity index (χ4n) is 3.21. The molecule has 162 valence electrons. The van der Waals surface area contributed by atoms with E-state index in [1.807, 2.05) is 51.2 Å². The number of carbonyl (C=O) groups is 1. The molecule has 0 saturated heterocycles. The van der Waals surface area contributed by atoms with Crippen LogP contribution in [-0.4, -0.2) is 51.5 Å². The first-order valence-electron chi connectivity index (χ1n) is 10.1. The van der Waals surface area contributed by atoms with E-state index < -0.39 is 11.7 Å². The number of nitrogens with one attached hydrogen (secondary N) is 2. The predicted octanol–water partition coefficient (Wildman–Crippen LogP) is 3.62. The van der Waals surface area contributed by atoms with Gasteiger partial charge in [-0.3, -0.25) is 4.40 Å². The van der Waals surface area contributed by atoms with Gasteiger partial charge in [0, 0.05) is 19.2 Å². The molecule has 30 heavy (non-hydrogen) atoms. The number of aryl methyl sites for hydroxylation is 2. The van der Waals surface area contributed by atoms with E-state index in [0.29, 0.717) is 24.6 Å². The van der Waals surface area contributed by atoms with Gasteiger partial charge in [0.15, 0.2) is 5.82 Å². The van der Waals surface area contributed by atoms with Crippen LogP contribution in [0.4, 0.5) is 10.6 Å². The Balaban J connectivity index is 1.67. The lowest BCUT2D eigenvalue weighted by Crippen LogP contribution is -2.33. The molecular formula is C21H30N6O3. The molecule has 1 aromatic carbocycles. The van der Waals surface area contributed by atoms with Crippen LogP contribution >= 0.6 is 0 Å². The van der Waals surface area contributed by atoms with Crippen molar-refractivity contribution >= 4 is 28.6 Å². The zero-order chi connectivity index (χ0) is 21.9. The molecule has 9 heteroatoms. The monoisotopic (exact) mass is 414 g/mol. The first-order chi connectivity index (χ1) is 14.2. The van der Waals surface area contributed by atoms with Crippen molar-refractivity contribution < 1.29 is 14.3 Å². The third-order valence-electron chi connectivity index (χ3n) is 4.55. The maximum atomic E-state index is 11.7. The molecule has 3 aromatic rings. The Kier molecular flexibility index (Phi) is 6.28. The number of nitrogens with zero attached hydrogens (tertiary/aromatic N) is 4. The number of hydrogen-bond acceptors (Lipinski definition) is 7. The van der Waals surface area contributed by atoms with Crippen LogP contribution in [0.5, 0.6) is 5.75 Å². The van der Waals surface area contributed by atoms with E-state index in [1.165, 1.54) is 0 Å². The van der Waals surface area contributed by atoms with Crippen molar-refractivity contribution in [2.75, 3.05) is 25.5 Å². The van der Waals surface area contributed by atoms with E-state index in [1.54, 1.807) is 7.11 Å². The molecule has 1 amide bonds. The average Bonchev–Trinajstić information content (AvgIpc) is 3.05. The molecule has 2 heterocycles. The van der Waals surface area contributed by atoms with Crippen molar-refractivity contribution in [1.82, 2.24) is 24.9 Å². The number of aromatic nitrogens is 4. The molecular weight excluding hydrogens is 384 g/mol. The third kappa shape index (κ3) is 4.90. The van der Waals surface area contributed by atoms with E-state index in [4.69, 9.17) is 14.5 Å². The van der Waals surface area contributed by atoms with Crippen molar-refractivity contribution in [3.05, 3.63) is 23.5 Å². The van der Waals surface area contributed by atoms with Crippen LogP contribution in [0, 0.1) is 13.8 Å². The highest BCUT2D eigenvalue weighted by Crippen LogP contribution is 2.28. The van der Waals surface area contributed by atoms with Gasteiger partial charge in [0.25, 0.3) is 0 Å². The maximum absolute atomic E-state index is 11.7. The minimum atomic E-state index is -0.489. The number of fused-ring (bicyclic) bond motifs is 3. The zero-order valence-electron chi connectivity index (χ0n) is 18.5. The number of rotatable bonds is 7. The first-order valence-corrected chi connectivity index (χ1v) is 10.1. The standard InChI is InChI=1S/C21H30N6O3/c1-13-11-15(29-6)12-16-17(13)24-18(19-26-25-14(2)27(16)19)22-9-7-8-10-23-20(28)30-21(3,4)5/h11-12H,7-10H2,1-6H3,(H,22,24)(H,23,28). The molecule has 0 aliphatic carbocycles. The Morgan fingerprint density at radius 1 is 1.13 bits per heavy atom. The summed E-state index contributed by atoms with van der Waals surface area (Å²) < 4.78 is 12.6. The molecule has 0 spiro atoms. The molecule has 0 radical (unpaired) electrons. The summed E-state index contributed by atoms with van der Waals surface area (Å²) in [7, 11) is 1.65. The van der Waals surface area contributed by atoms with E-state index >= 15 is 0 Å². The molecule has 3 rings (SSSR count). The molecule has 0 saturated carbocycles. The molecule has 0 atom stereocenters. The number of alkyl carbamates (subject to hydrolysis) is 1. The Labute approximate surface area is 176 Å². The second-order valence-corrected chi connectivity index (χ2v) is 8.24. The fourth-order valence-corrected chi connectivity index (χ4v) is 3.21. The Hall–Kier alpha value is -3.10. The van der Waals surface area contributed by atoms with E-state index in [-0.39, 0.29) is 0 Å². The summed E-state index contributed by atoms with van der Waals surface area (Å²) in [4.78, 5) is 16.5. The van der Waals surface area contributed by atoms with Gasteiger partial charge in [0.05, 0.1) is 18.1 Å². The predicted molar refractivity (Wildman–Crippen MR) is 116 cm³/mol. The van der Waals surface area contributed by atoms with Gasteiger partial charge in [0.2, 0.25) is 5.65 Å². The highest BCUT2D eigenvalue weighted by molar-refractivity contribution is 5.86. The van der Waals surface area contributed by atoms with E-state index in [9.17, 15) is 4.79 Å². The molecule has 2 aromatic heterocycles. The van der Waals surface area contributed by atoms with Gasteiger partial charge >= 0.3 is 6.09 Å². The van der Waals surface area contributed by atoms with Crippen molar-refractivity contribution in [3.63, 3.8) is 0 Å². The van der Waals surface area contributed by atoms with Gasteiger partial charge in [-0.1, -0.05) is 0 Å². The molecule has 0 aliphatic heterocycles. The number of methoxy groups -OCH3 is 1. The lowest BCUT2D eigenvalue weighted by Gasteiger charge is -2.19. The molecule has 9 nitrogen and oxygen atoms in total. The maximum Gasteiger partial charge on any atom is 0.407 e. The summed E-state index contributed by atoms with van der Waals surface area (Å²) in [5.74, 6) is 2.25. The molecule has 2 N–H and O–H groups in total. The molecule has 0 fully saturated rings. The van der Waals surface area contributed by atoms with Crippen LogP contribution in [-0.2, 0) is 4.74 Å². The number of benzene rings is 1. The number of anilines is 1. The number of ether oxygens (including phenoxy) is 2. The first kappa shape index (κ1) is 21.6. The van der Waals surface area contributed by atoms with Crippen LogP contribution in [0.2, 0.25) is 0 Å². The Morgan fingerprint density at radius 2 is 1.87 bits per heavy atom. The quantitative estimate of drug-likeness (QED) is 0.569. The smallest absolute Gasteiger partial charge is 0.407 e. The van der Waals surface area contributed by atoms with E-state index in [2.05, 4.69) is 20.8 Å². The van der Waals surface area contributed by atoms with Crippen LogP contribution in [0.1, 0.15) is 45.0 Å². The molecule has 0 aliphatic rings. The Bertz CT molecular complexity index is 1050. The van der Waals surface area contributed by atoms with E-state index in [0.717, 1.165) is 41.0 Å². The van der Waals surface area contributed by atoms with Crippen LogP contribution in [0.3, 0.4) is 0 Å². The van der Waals surface area contributed by atoms with Crippen molar-refractivity contribution in [3.8, 4) is 5.75 Å². The zero-order valence-corrected chi connectivity index (χ0v) is 18.5. The van der Waals surface area contributed by atoms with Gasteiger partial charge in [-0.05, 0) is 59.1 Å². The van der Waals surface area contributed by atoms with Crippen molar-refractivity contribution in [1.29, 1.82) is 0 Å². The summed E-state index contributed by atoms with van der Waals surface area (Å²) in [6.07, 6.45) is 1.28. The normalized spacial score (nSPS) is 11.7. The number of hydrogen-bond donors (Lipinski definition) is 2. The van der Waals surface area contributed by atoms with Crippen molar-refractivity contribution in [2.24, 2.45) is 0 Å². The van der Waals surface area contributed by atoms with Crippen molar-refractivity contribution in [2.45, 2.75) is 53.1 Å². The largest absolute Gasteiger partial charge is 0.497 e. The fraction of sp³-hybridized carbons (Fsp3) is 0.524. The highest BCUT2D eigenvalue weighted by atomic mass is 16.6. The van der Waals surface area contributed by atoms with Crippen LogP contribution < -0.4 is 15.4 Å². The van der Waals surface area contributed by atoms with Gasteiger partial charge in [-0.15, -0.1) is 10.2 Å². The third-order valence-corrected chi connectivity index (χ3v) is 4.55. The van der Waals surface area contributed by atoms with Gasteiger partial charge in [0.1, 0.15) is 17.2 Å². The number of amides is 1. The number of unbranched alkanes of at least 4 members (excludes halogenated alkanes) is 1. The average molecular weight is 415 g/mol. The summed E-state index contributed by atoms with van der Waals surface area (Å²) in [6, 6.07) is 3.91. The summed E-state index contributed by atoms with van der Waals surface area (Å²) in [5, 5.41) is 14.7.